The Bertz CT molecular complexity index is 1380. The molecule has 1 fully saturated rings. The zero-order valence-corrected chi connectivity index (χ0v) is 16.8. The molecule has 10 heteroatoms. The van der Waals surface area contributed by atoms with Crippen molar-refractivity contribution in [2.45, 2.75) is 31.8 Å². The van der Waals surface area contributed by atoms with Crippen molar-refractivity contribution in [2.24, 2.45) is 7.05 Å². The van der Waals surface area contributed by atoms with Gasteiger partial charge in [0.1, 0.15) is 11.4 Å². The SMILES string of the molecule is Cn1c(=O)oc2ccc(CNC(=O)c3cc(C(=O)NC4CCC4)n4nccc4n3)cc21. The molecule has 2 amide bonds. The minimum Gasteiger partial charge on any atom is -0.408 e. The number of hydrogen-bond acceptors (Lipinski definition) is 6. The summed E-state index contributed by atoms with van der Waals surface area (Å²) in [5.74, 6) is -1.13. The number of nitrogens with one attached hydrogen (secondary N) is 2. The molecule has 1 aromatic carbocycles. The molecule has 1 aliphatic carbocycles. The second-order valence-corrected chi connectivity index (χ2v) is 7.64. The Morgan fingerprint density at radius 1 is 1.19 bits per heavy atom. The monoisotopic (exact) mass is 420 g/mol. The predicted molar refractivity (Wildman–Crippen MR) is 111 cm³/mol. The number of rotatable bonds is 5. The molecular weight excluding hydrogens is 400 g/mol. The van der Waals surface area contributed by atoms with Crippen molar-refractivity contribution in [1.29, 1.82) is 0 Å². The summed E-state index contributed by atoms with van der Waals surface area (Å²) in [5.41, 5.74) is 2.74. The quantitative estimate of drug-likeness (QED) is 0.503. The molecule has 158 valence electrons. The van der Waals surface area contributed by atoms with Gasteiger partial charge in [0.2, 0.25) is 0 Å². The Labute approximate surface area is 175 Å². The Morgan fingerprint density at radius 3 is 2.81 bits per heavy atom. The third-order valence-corrected chi connectivity index (χ3v) is 5.57. The predicted octanol–water partition coefficient (Wildman–Crippen LogP) is 1.39. The van der Waals surface area contributed by atoms with Gasteiger partial charge in [0.15, 0.2) is 11.2 Å². The van der Waals surface area contributed by atoms with Crippen molar-refractivity contribution in [3.8, 4) is 0 Å². The van der Waals surface area contributed by atoms with Crippen LogP contribution in [0.4, 0.5) is 0 Å². The fraction of sp³-hybridized carbons (Fsp3) is 0.286. The fourth-order valence-electron chi connectivity index (χ4n) is 3.56. The highest BCUT2D eigenvalue weighted by molar-refractivity contribution is 5.98. The molecule has 0 atom stereocenters. The number of fused-ring (bicyclic) bond motifs is 2. The minimum atomic E-state index is -0.442. The number of amides is 2. The van der Waals surface area contributed by atoms with E-state index < -0.39 is 11.7 Å². The minimum absolute atomic E-state index is 0.128. The van der Waals surface area contributed by atoms with Crippen LogP contribution in [0.3, 0.4) is 0 Å². The second-order valence-electron chi connectivity index (χ2n) is 7.64. The lowest BCUT2D eigenvalue weighted by molar-refractivity contribution is 0.0909. The molecule has 0 aliphatic heterocycles. The first-order valence-corrected chi connectivity index (χ1v) is 10.0. The lowest BCUT2D eigenvalue weighted by atomic mass is 9.93. The molecular formula is C21H20N6O4. The lowest BCUT2D eigenvalue weighted by Gasteiger charge is -2.26. The summed E-state index contributed by atoms with van der Waals surface area (Å²) in [6.45, 7) is 0.226. The highest BCUT2D eigenvalue weighted by Crippen LogP contribution is 2.19. The molecule has 3 aromatic heterocycles. The van der Waals surface area contributed by atoms with Gasteiger partial charge in [-0.3, -0.25) is 14.2 Å². The summed E-state index contributed by atoms with van der Waals surface area (Å²) in [6.07, 6.45) is 4.55. The summed E-state index contributed by atoms with van der Waals surface area (Å²) < 4.78 is 7.96. The van der Waals surface area contributed by atoms with Crippen LogP contribution in [0.15, 0.2) is 45.7 Å². The first-order valence-electron chi connectivity index (χ1n) is 10.0. The van der Waals surface area contributed by atoms with Crippen LogP contribution in [0.25, 0.3) is 16.7 Å². The maximum absolute atomic E-state index is 12.8. The molecule has 0 saturated heterocycles. The van der Waals surface area contributed by atoms with Gasteiger partial charge in [-0.05, 0) is 37.0 Å². The van der Waals surface area contributed by atoms with Crippen LogP contribution < -0.4 is 16.4 Å². The van der Waals surface area contributed by atoms with Gasteiger partial charge in [-0.15, -0.1) is 0 Å². The molecule has 1 aliphatic rings. The van der Waals surface area contributed by atoms with E-state index in [9.17, 15) is 14.4 Å². The maximum atomic E-state index is 12.8. The number of carbonyl (C=O) groups excluding carboxylic acids is 2. The molecule has 0 spiro atoms. The molecule has 0 bridgehead atoms. The Kier molecular flexibility index (Phi) is 4.54. The summed E-state index contributed by atoms with van der Waals surface area (Å²) >= 11 is 0. The lowest BCUT2D eigenvalue weighted by Crippen LogP contribution is -2.40. The van der Waals surface area contributed by atoms with Crippen LogP contribution >= 0.6 is 0 Å². The molecule has 3 heterocycles. The van der Waals surface area contributed by atoms with E-state index in [-0.39, 0.29) is 29.9 Å². The highest BCUT2D eigenvalue weighted by Gasteiger charge is 2.23. The second kappa shape index (κ2) is 7.38. The normalized spacial score (nSPS) is 14.0. The van der Waals surface area contributed by atoms with Crippen molar-refractivity contribution >= 4 is 28.6 Å². The van der Waals surface area contributed by atoms with Crippen LogP contribution in [0, 0.1) is 0 Å². The molecule has 0 radical (unpaired) electrons. The maximum Gasteiger partial charge on any atom is 0.419 e. The standard InChI is InChI=1S/C21H20N6O4/c1-26-15-9-12(5-6-17(15)31-21(26)30)11-22-19(28)14-10-16(20(29)24-13-3-2-4-13)27-18(25-14)7-8-23-27/h5-10,13H,2-4,11H2,1H3,(H,22,28)(H,24,29). The van der Waals surface area contributed by atoms with Gasteiger partial charge < -0.3 is 15.1 Å². The van der Waals surface area contributed by atoms with E-state index in [1.165, 1.54) is 21.3 Å². The van der Waals surface area contributed by atoms with Gasteiger partial charge in [0.25, 0.3) is 11.8 Å². The summed E-state index contributed by atoms with van der Waals surface area (Å²) in [5, 5.41) is 9.93. The number of carbonyl (C=O) groups is 2. The summed E-state index contributed by atoms with van der Waals surface area (Å²) in [4.78, 5) is 41.4. The summed E-state index contributed by atoms with van der Waals surface area (Å²) in [6, 6.07) is 8.51. The summed E-state index contributed by atoms with van der Waals surface area (Å²) in [7, 11) is 1.62. The average molecular weight is 420 g/mol. The topological polar surface area (TPSA) is 124 Å². The first-order chi connectivity index (χ1) is 15.0. The van der Waals surface area contributed by atoms with Crippen LogP contribution in [0.2, 0.25) is 0 Å². The Balaban J connectivity index is 1.37. The molecule has 2 N–H and O–H groups in total. The van der Waals surface area contributed by atoms with E-state index in [2.05, 4.69) is 20.7 Å². The third kappa shape index (κ3) is 3.45. The van der Waals surface area contributed by atoms with E-state index in [0.717, 1.165) is 24.8 Å². The van der Waals surface area contributed by atoms with E-state index >= 15 is 0 Å². The Morgan fingerprint density at radius 2 is 2.03 bits per heavy atom. The van der Waals surface area contributed by atoms with Crippen LogP contribution in [0.5, 0.6) is 0 Å². The average Bonchev–Trinajstić information content (AvgIpc) is 3.32. The van der Waals surface area contributed by atoms with E-state index in [1.807, 2.05) is 0 Å². The number of benzene rings is 1. The molecule has 31 heavy (non-hydrogen) atoms. The highest BCUT2D eigenvalue weighted by atomic mass is 16.4. The van der Waals surface area contributed by atoms with Crippen molar-refractivity contribution in [3.63, 3.8) is 0 Å². The van der Waals surface area contributed by atoms with E-state index in [0.29, 0.717) is 16.7 Å². The number of aromatic nitrogens is 4. The molecule has 10 nitrogen and oxygen atoms in total. The van der Waals surface area contributed by atoms with Gasteiger partial charge in [0, 0.05) is 31.8 Å². The van der Waals surface area contributed by atoms with Crippen molar-refractivity contribution in [1.82, 2.24) is 29.8 Å². The number of aryl methyl sites for hydroxylation is 1. The van der Waals surface area contributed by atoms with Crippen molar-refractivity contribution in [3.05, 3.63) is 64.0 Å². The van der Waals surface area contributed by atoms with Crippen LogP contribution in [-0.2, 0) is 13.6 Å². The van der Waals surface area contributed by atoms with Crippen LogP contribution in [-0.4, -0.2) is 37.0 Å². The molecule has 5 rings (SSSR count). The number of hydrogen-bond donors (Lipinski definition) is 2. The third-order valence-electron chi connectivity index (χ3n) is 5.57. The van der Waals surface area contributed by atoms with Crippen molar-refractivity contribution in [2.75, 3.05) is 0 Å². The Hall–Kier alpha value is -3.95. The van der Waals surface area contributed by atoms with Gasteiger partial charge in [-0.25, -0.2) is 14.3 Å². The smallest absolute Gasteiger partial charge is 0.408 e. The van der Waals surface area contributed by atoms with Crippen LogP contribution in [0.1, 0.15) is 45.8 Å². The van der Waals surface area contributed by atoms with E-state index in [1.54, 1.807) is 31.3 Å². The fourth-order valence-corrected chi connectivity index (χ4v) is 3.56. The van der Waals surface area contributed by atoms with Gasteiger partial charge in [-0.1, -0.05) is 6.07 Å². The van der Waals surface area contributed by atoms with Gasteiger partial charge >= 0.3 is 5.76 Å². The van der Waals surface area contributed by atoms with E-state index in [4.69, 9.17) is 4.42 Å². The number of nitrogens with zero attached hydrogens (tertiary/aromatic N) is 4. The van der Waals surface area contributed by atoms with Gasteiger partial charge in [0.05, 0.1) is 11.7 Å². The molecule has 1 saturated carbocycles. The molecule has 4 aromatic rings. The number of oxazole rings is 1. The zero-order chi connectivity index (χ0) is 21.5. The first kappa shape index (κ1) is 19.0. The van der Waals surface area contributed by atoms with Crippen molar-refractivity contribution < 1.29 is 14.0 Å². The van der Waals surface area contributed by atoms with Gasteiger partial charge in [-0.2, -0.15) is 5.10 Å². The zero-order valence-electron chi connectivity index (χ0n) is 16.8. The largest absolute Gasteiger partial charge is 0.419 e. The molecule has 0 unspecified atom stereocenters.